The standard InChI is InChI=1S/C24H16N2S/c1-16-13-17(15-25)14-20(23-11-6-12-27-23)24(16)26-21-9-4-2-7-18(21)19-8-3-5-10-22(19)26/h2-14H,1H3. The highest BCUT2D eigenvalue weighted by Gasteiger charge is 2.18. The Morgan fingerprint density at radius 1 is 0.852 bits per heavy atom. The molecule has 0 unspecified atom stereocenters. The van der Waals surface area contributed by atoms with E-state index in [1.165, 1.54) is 26.7 Å². The van der Waals surface area contributed by atoms with E-state index in [4.69, 9.17) is 0 Å². The third-order valence-corrected chi connectivity index (χ3v) is 5.92. The zero-order valence-electron chi connectivity index (χ0n) is 14.8. The highest BCUT2D eigenvalue weighted by Crippen LogP contribution is 2.39. The van der Waals surface area contributed by atoms with Gasteiger partial charge in [-0.2, -0.15) is 5.26 Å². The number of benzene rings is 3. The molecule has 0 aliphatic rings. The topological polar surface area (TPSA) is 28.7 Å². The summed E-state index contributed by atoms with van der Waals surface area (Å²) in [7, 11) is 0. The third kappa shape index (κ3) is 2.38. The van der Waals surface area contributed by atoms with Crippen LogP contribution in [0.1, 0.15) is 11.1 Å². The van der Waals surface area contributed by atoms with Crippen molar-refractivity contribution in [2.45, 2.75) is 6.92 Å². The number of hydrogen-bond acceptors (Lipinski definition) is 2. The van der Waals surface area contributed by atoms with Crippen LogP contribution in [0.3, 0.4) is 0 Å². The van der Waals surface area contributed by atoms with E-state index >= 15 is 0 Å². The van der Waals surface area contributed by atoms with Crippen LogP contribution in [0.15, 0.2) is 78.2 Å². The van der Waals surface area contributed by atoms with Crippen LogP contribution in [-0.2, 0) is 0 Å². The fraction of sp³-hybridized carbons (Fsp3) is 0.0417. The van der Waals surface area contributed by atoms with E-state index in [1.54, 1.807) is 11.3 Å². The molecule has 0 atom stereocenters. The number of nitriles is 1. The minimum atomic E-state index is 0.695. The average Bonchev–Trinajstić information content (AvgIpc) is 3.34. The second-order valence-electron chi connectivity index (χ2n) is 6.65. The lowest BCUT2D eigenvalue weighted by atomic mass is 10.0. The monoisotopic (exact) mass is 364 g/mol. The smallest absolute Gasteiger partial charge is 0.0991 e. The first-order valence-corrected chi connectivity index (χ1v) is 9.73. The summed E-state index contributed by atoms with van der Waals surface area (Å²) in [5, 5.41) is 14.1. The van der Waals surface area contributed by atoms with Gasteiger partial charge in [0.05, 0.1) is 28.4 Å². The van der Waals surface area contributed by atoms with Gasteiger partial charge < -0.3 is 4.57 Å². The van der Waals surface area contributed by atoms with Crippen LogP contribution in [0.5, 0.6) is 0 Å². The van der Waals surface area contributed by atoms with Gasteiger partial charge in [-0.1, -0.05) is 42.5 Å². The molecule has 5 aromatic rings. The third-order valence-electron chi connectivity index (χ3n) is 5.02. The molecule has 0 bridgehead atoms. The fourth-order valence-electron chi connectivity index (χ4n) is 3.92. The van der Waals surface area contributed by atoms with Crippen molar-refractivity contribution in [3.05, 3.63) is 89.3 Å². The number of rotatable bonds is 2. The molecule has 3 heteroatoms. The summed E-state index contributed by atoms with van der Waals surface area (Å²) in [6, 6.07) is 27.5. The molecular formula is C24H16N2S. The molecule has 0 spiro atoms. The quantitative estimate of drug-likeness (QED) is 0.343. The van der Waals surface area contributed by atoms with E-state index in [0.29, 0.717) is 5.56 Å². The zero-order valence-corrected chi connectivity index (χ0v) is 15.6. The molecular weight excluding hydrogens is 348 g/mol. The van der Waals surface area contributed by atoms with Crippen molar-refractivity contribution in [3.8, 4) is 22.2 Å². The van der Waals surface area contributed by atoms with Crippen molar-refractivity contribution in [1.82, 2.24) is 4.57 Å². The molecule has 0 N–H and O–H groups in total. The predicted molar refractivity (Wildman–Crippen MR) is 114 cm³/mol. The maximum atomic E-state index is 9.50. The normalized spacial score (nSPS) is 11.1. The Morgan fingerprint density at radius 2 is 1.52 bits per heavy atom. The number of aromatic nitrogens is 1. The number of nitrogens with zero attached hydrogens (tertiary/aromatic N) is 2. The fourth-order valence-corrected chi connectivity index (χ4v) is 4.67. The Morgan fingerprint density at radius 3 is 2.11 bits per heavy atom. The summed E-state index contributed by atoms with van der Waals surface area (Å²) in [4.78, 5) is 1.17. The molecule has 0 aliphatic carbocycles. The van der Waals surface area contributed by atoms with Crippen LogP contribution in [-0.4, -0.2) is 4.57 Å². The van der Waals surface area contributed by atoms with Crippen LogP contribution < -0.4 is 0 Å². The van der Waals surface area contributed by atoms with E-state index in [1.807, 2.05) is 12.1 Å². The van der Waals surface area contributed by atoms with Gasteiger partial charge in [-0.25, -0.2) is 0 Å². The molecule has 0 aliphatic heterocycles. The van der Waals surface area contributed by atoms with Crippen LogP contribution in [0.2, 0.25) is 0 Å². The van der Waals surface area contributed by atoms with Gasteiger partial charge in [0.15, 0.2) is 0 Å². The number of hydrogen-bond donors (Lipinski definition) is 0. The highest BCUT2D eigenvalue weighted by atomic mass is 32.1. The Bertz CT molecular complexity index is 1280. The Hall–Kier alpha value is -3.35. The van der Waals surface area contributed by atoms with Gasteiger partial charge in [0.25, 0.3) is 0 Å². The first kappa shape index (κ1) is 15.9. The van der Waals surface area contributed by atoms with Crippen LogP contribution in [0.4, 0.5) is 0 Å². The van der Waals surface area contributed by atoms with Gasteiger partial charge in [-0.05, 0) is 48.2 Å². The largest absolute Gasteiger partial charge is 0.308 e. The predicted octanol–water partition coefficient (Wildman–Crippen LogP) is 6.69. The molecule has 0 fully saturated rings. The lowest BCUT2D eigenvalue weighted by Gasteiger charge is -2.16. The van der Waals surface area contributed by atoms with Crippen molar-refractivity contribution in [1.29, 1.82) is 5.26 Å². The summed E-state index contributed by atoms with van der Waals surface area (Å²) < 4.78 is 2.34. The summed E-state index contributed by atoms with van der Waals surface area (Å²) in [6.07, 6.45) is 0. The Balaban J connectivity index is 1.98. The van der Waals surface area contributed by atoms with Crippen LogP contribution >= 0.6 is 11.3 Å². The first-order chi connectivity index (χ1) is 13.3. The van der Waals surface area contributed by atoms with Crippen molar-refractivity contribution < 1.29 is 0 Å². The summed E-state index contributed by atoms with van der Waals surface area (Å²) >= 11 is 1.70. The number of thiophene rings is 1. The minimum absolute atomic E-state index is 0.695. The molecule has 5 rings (SSSR count). The van der Waals surface area contributed by atoms with Crippen molar-refractivity contribution >= 4 is 33.1 Å². The van der Waals surface area contributed by atoms with Gasteiger partial charge >= 0.3 is 0 Å². The lowest BCUT2D eigenvalue weighted by Crippen LogP contribution is -2.00. The van der Waals surface area contributed by atoms with Gasteiger partial charge in [0, 0.05) is 21.2 Å². The molecule has 0 saturated carbocycles. The second kappa shape index (κ2) is 6.12. The van der Waals surface area contributed by atoms with Crippen molar-refractivity contribution in [2.75, 3.05) is 0 Å². The summed E-state index contributed by atoms with van der Waals surface area (Å²) in [5.74, 6) is 0. The molecule has 2 nitrogen and oxygen atoms in total. The van der Waals surface area contributed by atoms with E-state index in [0.717, 1.165) is 16.8 Å². The van der Waals surface area contributed by atoms with E-state index < -0.39 is 0 Å². The molecule has 0 saturated heterocycles. The molecule has 2 aromatic heterocycles. The molecule has 3 aromatic carbocycles. The minimum Gasteiger partial charge on any atom is -0.308 e. The van der Waals surface area contributed by atoms with Crippen LogP contribution in [0, 0.1) is 18.3 Å². The molecule has 27 heavy (non-hydrogen) atoms. The average molecular weight is 364 g/mol. The van der Waals surface area contributed by atoms with E-state index in [2.05, 4.69) is 83.6 Å². The Labute approximate surface area is 161 Å². The van der Waals surface area contributed by atoms with E-state index in [9.17, 15) is 5.26 Å². The Kier molecular flexibility index (Phi) is 3.60. The number of fused-ring (bicyclic) bond motifs is 3. The van der Waals surface area contributed by atoms with Gasteiger partial charge in [0.1, 0.15) is 0 Å². The number of para-hydroxylation sites is 2. The van der Waals surface area contributed by atoms with Gasteiger partial charge in [-0.3, -0.25) is 0 Å². The van der Waals surface area contributed by atoms with Crippen molar-refractivity contribution in [2.24, 2.45) is 0 Å². The van der Waals surface area contributed by atoms with Crippen LogP contribution in [0.25, 0.3) is 37.9 Å². The van der Waals surface area contributed by atoms with Crippen molar-refractivity contribution in [3.63, 3.8) is 0 Å². The first-order valence-electron chi connectivity index (χ1n) is 8.85. The number of aryl methyl sites for hydroxylation is 1. The maximum absolute atomic E-state index is 9.50. The lowest BCUT2D eigenvalue weighted by molar-refractivity contribution is 1.15. The summed E-state index contributed by atoms with van der Waals surface area (Å²) in [5.41, 5.74) is 6.42. The second-order valence-corrected chi connectivity index (χ2v) is 7.60. The SMILES string of the molecule is Cc1cc(C#N)cc(-c2cccs2)c1-n1c2ccccc2c2ccccc21. The molecule has 0 amide bonds. The summed E-state index contributed by atoms with van der Waals surface area (Å²) in [6.45, 7) is 2.09. The highest BCUT2D eigenvalue weighted by molar-refractivity contribution is 7.13. The van der Waals surface area contributed by atoms with Gasteiger partial charge in [-0.15, -0.1) is 11.3 Å². The molecule has 0 radical (unpaired) electrons. The van der Waals surface area contributed by atoms with Gasteiger partial charge in [0.2, 0.25) is 0 Å². The molecule has 128 valence electrons. The van der Waals surface area contributed by atoms with E-state index in [-0.39, 0.29) is 0 Å². The zero-order chi connectivity index (χ0) is 18.4. The maximum Gasteiger partial charge on any atom is 0.0991 e. The molecule has 2 heterocycles.